The highest BCUT2D eigenvalue weighted by Gasteiger charge is 2.09. The molecule has 0 bridgehead atoms. The number of anilines is 2. The second kappa shape index (κ2) is 6.94. The van der Waals surface area contributed by atoms with E-state index in [1.165, 1.54) is 11.3 Å². The average Bonchev–Trinajstić information content (AvgIpc) is 2.95. The van der Waals surface area contributed by atoms with Crippen molar-refractivity contribution >= 4 is 40.5 Å². The molecule has 24 heavy (non-hydrogen) atoms. The normalized spacial score (nSPS) is 10.6. The number of nitrogens with one attached hydrogen (secondary N) is 1. The molecule has 0 amide bonds. The molecule has 0 aliphatic heterocycles. The molecule has 0 aliphatic carbocycles. The number of hydrogen-bond acceptors (Lipinski definition) is 6. The number of carboxylic acid groups (broad SMARTS) is 1. The fourth-order valence-electron chi connectivity index (χ4n) is 2.09. The summed E-state index contributed by atoms with van der Waals surface area (Å²) in [7, 11) is 0. The molecule has 0 aliphatic rings. The van der Waals surface area contributed by atoms with Crippen LogP contribution in [0.3, 0.4) is 0 Å². The zero-order chi connectivity index (χ0) is 17.1. The summed E-state index contributed by atoms with van der Waals surface area (Å²) < 4.78 is 0.673. The second-order valence-electron chi connectivity index (χ2n) is 5.03. The monoisotopic (exact) mass is 360 g/mol. The number of aryl methyl sites for hydroxylation is 1. The molecular formula is C16H13ClN4O2S. The van der Waals surface area contributed by atoms with Crippen molar-refractivity contribution in [3.63, 3.8) is 0 Å². The number of rotatable bonds is 5. The van der Waals surface area contributed by atoms with Crippen LogP contribution in [0.15, 0.2) is 36.4 Å². The molecule has 0 atom stereocenters. The van der Waals surface area contributed by atoms with Gasteiger partial charge in [0.1, 0.15) is 5.82 Å². The van der Waals surface area contributed by atoms with Crippen molar-refractivity contribution in [2.45, 2.75) is 13.3 Å². The predicted molar refractivity (Wildman–Crippen MR) is 94.0 cm³/mol. The van der Waals surface area contributed by atoms with Gasteiger partial charge in [-0.25, -0.2) is 4.98 Å². The van der Waals surface area contributed by atoms with E-state index >= 15 is 0 Å². The first-order valence-electron chi connectivity index (χ1n) is 7.06. The van der Waals surface area contributed by atoms with Crippen LogP contribution >= 0.6 is 22.9 Å². The van der Waals surface area contributed by atoms with Crippen molar-refractivity contribution in [3.05, 3.63) is 52.1 Å². The highest BCUT2D eigenvalue weighted by molar-refractivity contribution is 7.19. The molecule has 122 valence electrons. The van der Waals surface area contributed by atoms with Crippen LogP contribution in [0.5, 0.6) is 0 Å². The van der Waals surface area contributed by atoms with Crippen molar-refractivity contribution in [1.82, 2.24) is 15.0 Å². The highest BCUT2D eigenvalue weighted by Crippen LogP contribution is 2.29. The molecule has 3 rings (SSSR count). The van der Waals surface area contributed by atoms with Gasteiger partial charge in [0.2, 0.25) is 5.95 Å². The number of aliphatic carboxylic acids is 1. The Bertz CT molecular complexity index is 880. The third-order valence-electron chi connectivity index (χ3n) is 3.11. The van der Waals surface area contributed by atoms with Gasteiger partial charge in [-0.3, -0.25) is 4.79 Å². The number of thiophene rings is 1. The van der Waals surface area contributed by atoms with E-state index in [9.17, 15) is 4.79 Å². The molecule has 2 N–H and O–H groups in total. The minimum absolute atomic E-state index is 0.00553. The Morgan fingerprint density at radius 1 is 1.17 bits per heavy atom. The molecule has 3 aromatic rings. The summed E-state index contributed by atoms with van der Waals surface area (Å²) in [6.45, 7) is 1.79. The maximum atomic E-state index is 10.7. The maximum absolute atomic E-state index is 10.7. The van der Waals surface area contributed by atoms with Gasteiger partial charge in [-0.05, 0) is 36.8 Å². The summed E-state index contributed by atoms with van der Waals surface area (Å²) in [5, 5.41) is 11.9. The molecule has 6 nitrogen and oxygen atoms in total. The van der Waals surface area contributed by atoms with Gasteiger partial charge in [-0.1, -0.05) is 23.7 Å². The molecule has 0 spiro atoms. The Hall–Kier alpha value is -2.51. The van der Waals surface area contributed by atoms with Gasteiger partial charge in [-0.15, -0.1) is 11.3 Å². The molecule has 0 saturated carbocycles. The molecule has 0 unspecified atom stereocenters. The topological polar surface area (TPSA) is 88.0 Å². The summed E-state index contributed by atoms with van der Waals surface area (Å²) in [4.78, 5) is 24.6. The van der Waals surface area contributed by atoms with E-state index in [0.717, 1.165) is 16.1 Å². The Labute approximate surface area is 147 Å². The zero-order valence-corrected chi connectivity index (χ0v) is 14.2. The second-order valence-corrected chi connectivity index (χ2v) is 6.74. The molecule has 2 heterocycles. The summed E-state index contributed by atoms with van der Waals surface area (Å²) in [6.07, 6.45) is -0.00553. The van der Waals surface area contributed by atoms with Gasteiger partial charge in [0.05, 0.1) is 15.6 Å². The van der Waals surface area contributed by atoms with Crippen LogP contribution in [0.25, 0.3) is 10.7 Å². The first-order chi connectivity index (χ1) is 11.5. The summed E-state index contributed by atoms with van der Waals surface area (Å²) >= 11 is 7.36. The quantitative estimate of drug-likeness (QED) is 0.716. The maximum Gasteiger partial charge on any atom is 0.307 e. The van der Waals surface area contributed by atoms with Crippen LogP contribution in [0.4, 0.5) is 11.6 Å². The summed E-state index contributed by atoms with van der Waals surface area (Å²) in [5.41, 5.74) is 1.50. The van der Waals surface area contributed by atoms with Crippen LogP contribution in [0.2, 0.25) is 4.34 Å². The van der Waals surface area contributed by atoms with Crippen molar-refractivity contribution < 1.29 is 9.90 Å². The third-order valence-corrected chi connectivity index (χ3v) is 4.33. The lowest BCUT2D eigenvalue weighted by Gasteiger charge is -2.07. The molecule has 0 radical (unpaired) electrons. The number of nitrogens with zero attached hydrogens (tertiary/aromatic N) is 3. The first kappa shape index (κ1) is 16.4. The van der Waals surface area contributed by atoms with E-state index in [2.05, 4.69) is 20.3 Å². The minimum atomic E-state index is -0.858. The van der Waals surface area contributed by atoms with Gasteiger partial charge < -0.3 is 10.4 Å². The third kappa shape index (κ3) is 4.06. The largest absolute Gasteiger partial charge is 0.481 e. The van der Waals surface area contributed by atoms with E-state index in [0.29, 0.717) is 21.9 Å². The Kier molecular flexibility index (Phi) is 4.73. The highest BCUT2D eigenvalue weighted by atomic mass is 35.5. The number of benzene rings is 1. The van der Waals surface area contributed by atoms with Crippen LogP contribution in [0, 0.1) is 6.92 Å². The van der Waals surface area contributed by atoms with Crippen LogP contribution in [0.1, 0.15) is 11.4 Å². The van der Waals surface area contributed by atoms with Crippen LogP contribution in [-0.4, -0.2) is 26.0 Å². The van der Waals surface area contributed by atoms with Crippen molar-refractivity contribution in [3.8, 4) is 10.7 Å². The molecule has 0 saturated heterocycles. The summed E-state index contributed by atoms with van der Waals surface area (Å²) in [5.74, 6) is 0.718. The van der Waals surface area contributed by atoms with Crippen molar-refractivity contribution in [1.29, 1.82) is 0 Å². The van der Waals surface area contributed by atoms with Crippen molar-refractivity contribution in [2.75, 3.05) is 5.32 Å². The van der Waals surface area contributed by atoms with Gasteiger partial charge in [0.15, 0.2) is 5.82 Å². The SMILES string of the molecule is Cc1nc(Nc2ccc(CC(=O)O)cc2)nc(-c2ccc(Cl)s2)n1. The lowest BCUT2D eigenvalue weighted by Crippen LogP contribution is -2.03. The molecule has 2 aromatic heterocycles. The summed E-state index contributed by atoms with van der Waals surface area (Å²) in [6, 6.07) is 10.8. The lowest BCUT2D eigenvalue weighted by molar-refractivity contribution is -0.136. The van der Waals surface area contributed by atoms with Crippen LogP contribution in [-0.2, 0) is 11.2 Å². The fraction of sp³-hybridized carbons (Fsp3) is 0.125. The smallest absolute Gasteiger partial charge is 0.307 e. The van der Waals surface area contributed by atoms with E-state index in [-0.39, 0.29) is 6.42 Å². The van der Waals surface area contributed by atoms with E-state index in [1.54, 1.807) is 37.3 Å². The predicted octanol–water partition coefficient (Wildman–Crippen LogP) is 3.93. The van der Waals surface area contributed by atoms with Crippen LogP contribution < -0.4 is 5.32 Å². The van der Waals surface area contributed by atoms with Gasteiger partial charge in [0, 0.05) is 5.69 Å². The van der Waals surface area contributed by atoms with Gasteiger partial charge in [-0.2, -0.15) is 9.97 Å². The number of carboxylic acids is 1. The molecular weight excluding hydrogens is 348 g/mol. The molecule has 0 fully saturated rings. The van der Waals surface area contributed by atoms with Gasteiger partial charge >= 0.3 is 5.97 Å². The van der Waals surface area contributed by atoms with E-state index < -0.39 is 5.97 Å². The lowest BCUT2D eigenvalue weighted by atomic mass is 10.1. The molecule has 8 heteroatoms. The fourth-order valence-corrected chi connectivity index (χ4v) is 3.07. The zero-order valence-electron chi connectivity index (χ0n) is 12.7. The Balaban J connectivity index is 1.82. The standard InChI is InChI=1S/C16H13ClN4O2S/c1-9-18-15(12-6-7-13(17)24-12)21-16(19-9)20-11-4-2-10(3-5-11)8-14(22)23/h2-7H,8H2,1H3,(H,22,23)(H,18,19,20,21). The Morgan fingerprint density at radius 3 is 2.54 bits per heavy atom. The Morgan fingerprint density at radius 2 is 1.92 bits per heavy atom. The van der Waals surface area contributed by atoms with E-state index in [1.807, 2.05) is 6.07 Å². The number of halogens is 1. The number of aromatic nitrogens is 3. The average molecular weight is 361 g/mol. The first-order valence-corrected chi connectivity index (χ1v) is 8.25. The number of carbonyl (C=O) groups is 1. The van der Waals surface area contributed by atoms with E-state index in [4.69, 9.17) is 16.7 Å². The minimum Gasteiger partial charge on any atom is -0.481 e. The van der Waals surface area contributed by atoms with Crippen molar-refractivity contribution in [2.24, 2.45) is 0 Å². The van der Waals surface area contributed by atoms with Gasteiger partial charge in [0.25, 0.3) is 0 Å². The molecule has 1 aromatic carbocycles. The number of hydrogen-bond donors (Lipinski definition) is 2.